The Bertz CT molecular complexity index is 126. The zero-order valence-electron chi connectivity index (χ0n) is 8.21. The lowest BCUT2D eigenvalue weighted by atomic mass is 10.1. The van der Waals surface area contributed by atoms with E-state index in [2.05, 4.69) is 24.1 Å². The van der Waals surface area contributed by atoms with Gasteiger partial charge in [-0.05, 0) is 26.8 Å². The highest BCUT2D eigenvalue weighted by atomic mass is 15.1. The van der Waals surface area contributed by atoms with Gasteiger partial charge in [0.25, 0.3) is 0 Å². The Morgan fingerprint density at radius 1 is 1.33 bits per heavy atom. The molecule has 0 amide bonds. The number of allylic oxidation sites excluding steroid dienone is 1. The number of nitrogens with two attached hydrogens (primary N) is 2. The van der Waals surface area contributed by atoms with Gasteiger partial charge in [-0.25, -0.2) is 0 Å². The van der Waals surface area contributed by atoms with Gasteiger partial charge in [-0.15, -0.1) is 0 Å². The minimum atomic E-state index is 0.426. The largest absolute Gasteiger partial charge is 0.375 e. The second kappa shape index (κ2) is 6.03. The van der Waals surface area contributed by atoms with E-state index < -0.39 is 0 Å². The summed E-state index contributed by atoms with van der Waals surface area (Å²) in [5.74, 6) is 0. The number of hydrogen-bond donors (Lipinski definition) is 2. The molecule has 4 N–H and O–H groups in total. The molecule has 1 heterocycles. The summed E-state index contributed by atoms with van der Waals surface area (Å²) >= 11 is 0. The average molecular weight is 171 g/mol. The fourth-order valence-electron chi connectivity index (χ4n) is 1.28. The molecule has 0 unspecified atom stereocenters. The molecule has 72 valence electrons. The van der Waals surface area contributed by atoms with Crippen LogP contribution >= 0.6 is 0 Å². The van der Waals surface area contributed by atoms with Gasteiger partial charge in [0.2, 0.25) is 0 Å². The fourth-order valence-corrected chi connectivity index (χ4v) is 1.28. The first-order valence-electron chi connectivity index (χ1n) is 4.44. The van der Waals surface area contributed by atoms with Gasteiger partial charge in [-0.3, -0.25) is 0 Å². The summed E-state index contributed by atoms with van der Waals surface area (Å²) in [7, 11) is 1.50. The molecular formula is C9H21N3. The van der Waals surface area contributed by atoms with Crippen LogP contribution in [0, 0.1) is 0 Å². The van der Waals surface area contributed by atoms with Crippen molar-refractivity contribution in [3.8, 4) is 0 Å². The van der Waals surface area contributed by atoms with Crippen LogP contribution in [0.15, 0.2) is 12.3 Å². The zero-order chi connectivity index (χ0) is 9.56. The summed E-state index contributed by atoms with van der Waals surface area (Å²) in [6.45, 7) is 8.13. The third kappa shape index (κ3) is 3.74. The zero-order valence-corrected chi connectivity index (χ0v) is 8.21. The number of piperidine rings is 1. The molecule has 0 spiro atoms. The lowest BCUT2D eigenvalue weighted by molar-refractivity contribution is 0.265. The van der Waals surface area contributed by atoms with Crippen molar-refractivity contribution in [1.29, 1.82) is 0 Å². The van der Waals surface area contributed by atoms with Gasteiger partial charge in [0.1, 0.15) is 0 Å². The maximum Gasteiger partial charge on any atom is 0.0189 e. The Morgan fingerprint density at radius 3 is 2.08 bits per heavy atom. The molecule has 0 radical (unpaired) electrons. The Labute approximate surface area is 75.4 Å². The molecule has 0 atom stereocenters. The van der Waals surface area contributed by atoms with Crippen molar-refractivity contribution in [2.45, 2.75) is 25.8 Å². The van der Waals surface area contributed by atoms with Crippen molar-refractivity contribution in [3.63, 3.8) is 0 Å². The lowest BCUT2D eigenvalue weighted by Crippen LogP contribution is -2.38. The van der Waals surface area contributed by atoms with Crippen LogP contribution in [0.1, 0.15) is 19.8 Å². The van der Waals surface area contributed by atoms with Crippen LogP contribution in [0.4, 0.5) is 0 Å². The Morgan fingerprint density at radius 2 is 1.75 bits per heavy atom. The Hall–Kier alpha value is -0.540. The number of nitrogens with zero attached hydrogens (tertiary/aromatic N) is 1. The smallest absolute Gasteiger partial charge is 0.0189 e. The van der Waals surface area contributed by atoms with Crippen molar-refractivity contribution in [3.05, 3.63) is 12.3 Å². The molecular weight excluding hydrogens is 150 g/mol. The summed E-state index contributed by atoms with van der Waals surface area (Å²) in [6, 6.07) is 0.426. The van der Waals surface area contributed by atoms with Crippen LogP contribution in [0.3, 0.4) is 0 Å². The molecule has 1 aliphatic rings. The third-order valence-electron chi connectivity index (χ3n) is 2.08. The van der Waals surface area contributed by atoms with E-state index in [1.54, 1.807) is 0 Å². The van der Waals surface area contributed by atoms with Crippen LogP contribution in [-0.2, 0) is 0 Å². The van der Waals surface area contributed by atoms with Crippen molar-refractivity contribution in [2.75, 3.05) is 20.1 Å². The molecule has 0 aromatic rings. The first kappa shape index (κ1) is 11.5. The summed E-state index contributed by atoms with van der Waals surface area (Å²) < 4.78 is 0. The van der Waals surface area contributed by atoms with Crippen LogP contribution in [0.5, 0.6) is 0 Å². The minimum absolute atomic E-state index is 0.426. The van der Waals surface area contributed by atoms with E-state index in [0.717, 1.165) is 25.9 Å². The molecule has 0 aromatic heterocycles. The first-order chi connectivity index (χ1) is 5.70. The predicted octanol–water partition coefficient (Wildman–Crippen LogP) is 0.518. The van der Waals surface area contributed by atoms with E-state index in [4.69, 9.17) is 5.73 Å². The van der Waals surface area contributed by atoms with E-state index in [9.17, 15) is 0 Å². The van der Waals surface area contributed by atoms with Gasteiger partial charge in [0.05, 0.1) is 0 Å². The monoisotopic (exact) mass is 171 g/mol. The van der Waals surface area contributed by atoms with Crippen LogP contribution in [0.25, 0.3) is 0 Å². The topological polar surface area (TPSA) is 55.3 Å². The van der Waals surface area contributed by atoms with E-state index in [1.807, 2.05) is 0 Å². The second-order valence-corrected chi connectivity index (χ2v) is 3.06. The summed E-state index contributed by atoms with van der Waals surface area (Å²) in [6.07, 6.45) is 2.24. The summed E-state index contributed by atoms with van der Waals surface area (Å²) in [5.41, 5.74) is 11.4. The SMILES string of the molecule is C=C(C)N1CCC(N)CC1.CN. The van der Waals surface area contributed by atoms with E-state index in [1.165, 1.54) is 12.7 Å². The number of hydrogen-bond acceptors (Lipinski definition) is 3. The minimum Gasteiger partial charge on any atom is -0.375 e. The predicted molar refractivity (Wildman–Crippen MR) is 53.7 cm³/mol. The average Bonchev–Trinajstić information content (AvgIpc) is 2.09. The van der Waals surface area contributed by atoms with Crippen LogP contribution < -0.4 is 11.5 Å². The quantitative estimate of drug-likeness (QED) is 0.604. The summed E-state index contributed by atoms with van der Waals surface area (Å²) in [4.78, 5) is 2.30. The van der Waals surface area contributed by atoms with E-state index >= 15 is 0 Å². The van der Waals surface area contributed by atoms with E-state index in [0.29, 0.717) is 6.04 Å². The summed E-state index contributed by atoms with van der Waals surface area (Å²) in [5, 5.41) is 0. The highest BCUT2D eigenvalue weighted by molar-refractivity contribution is 4.91. The number of rotatable bonds is 1. The molecule has 0 saturated carbocycles. The standard InChI is InChI=1S/C8H16N2.CH5N/c1-7(2)10-5-3-8(9)4-6-10;1-2/h8H,1,3-6,9H2,2H3;2H2,1H3. The molecule has 0 aromatic carbocycles. The second-order valence-electron chi connectivity index (χ2n) is 3.06. The van der Waals surface area contributed by atoms with E-state index in [-0.39, 0.29) is 0 Å². The molecule has 3 nitrogen and oxygen atoms in total. The van der Waals surface area contributed by atoms with Crippen molar-refractivity contribution in [2.24, 2.45) is 11.5 Å². The van der Waals surface area contributed by atoms with Gasteiger partial charge in [-0.2, -0.15) is 0 Å². The normalized spacial score (nSPS) is 18.2. The van der Waals surface area contributed by atoms with Crippen molar-refractivity contribution in [1.82, 2.24) is 4.90 Å². The molecule has 12 heavy (non-hydrogen) atoms. The van der Waals surface area contributed by atoms with Gasteiger partial charge in [0.15, 0.2) is 0 Å². The molecule has 3 heteroatoms. The van der Waals surface area contributed by atoms with Crippen LogP contribution in [-0.4, -0.2) is 31.1 Å². The maximum absolute atomic E-state index is 5.74. The lowest BCUT2D eigenvalue weighted by Gasteiger charge is -2.31. The number of likely N-dealkylation sites (tertiary alicyclic amines) is 1. The highest BCUT2D eigenvalue weighted by Gasteiger charge is 2.14. The Balaban J connectivity index is 0.000000561. The molecule has 1 saturated heterocycles. The third-order valence-corrected chi connectivity index (χ3v) is 2.08. The molecule has 1 rings (SSSR count). The Kier molecular flexibility index (Phi) is 5.76. The first-order valence-corrected chi connectivity index (χ1v) is 4.44. The molecule has 0 bridgehead atoms. The van der Waals surface area contributed by atoms with Gasteiger partial charge in [0, 0.05) is 24.8 Å². The fraction of sp³-hybridized carbons (Fsp3) is 0.778. The van der Waals surface area contributed by atoms with Gasteiger partial charge in [-0.1, -0.05) is 6.58 Å². The highest BCUT2D eigenvalue weighted by Crippen LogP contribution is 2.11. The van der Waals surface area contributed by atoms with Gasteiger partial charge >= 0.3 is 0 Å². The molecule has 0 aliphatic carbocycles. The van der Waals surface area contributed by atoms with Crippen LogP contribution in [0.2, 0.25) is 0 Å². The van der Waals surface area contributed by atoms with Crippen molar-refractivity contribution >= 4 is 0 Å². The van der Waals surface area contributed by atoms with Crippen molar-refractivity contribution < 1.29 is 0 Å². The van der Waals surface area contributed by atoms with Gasteiger partial charge < -0.3 is 16.4 Å². The maximum atomic E-state index is 5.74. The molecule has 1 fully saturated rings. The molecule has 1 aliphatic heterocycles.